The van der Waals surface area contributed by atoms with Crippen molar-refractivity contribution in [2.24, 2.45) is 0 Å². The minimum atomic E-state index is 1.28. The minimum absolute atomic E-state index is 1.28. The van der Waals surface area contributed by atoms with E-state index >= 15 is 0 Å². The van der Waals surface area contributed by atoms with Gasteiger partial charge in [-0.3, -0.25) is 0 Å². The van der Waals surface area contributed by atoms with E-state index in [-0.39, 0.29) is 0 Å². The number of unbranched alkanes of at least 4 members (excludes halogenated alkanes) is 50. The number of aryl methyl sites for hydroxylation is 1. The van der Waals surface area contributed by atoms with Gasteiger partial charge in [0, 0.05) is 9.79 Å². The van der Waals surface area contributed by atoms with Crippen LogP contribution < -0.4 is 0 Å². The summed E-state index contributed by atoms with van der Waals surface area (Å²) < 4.78 is 0. The third-order valence-electron chi connectivity index (χ3n) is 14.6. The van der Waals surface area contributed by atoms with Crippen LogP contribution in [0, 0.1) is 6.92 Å². The van der Waals surface area contributed by atoms with E-state index in [4.69, 9.17) is 0 Å². The van der Waals surface area contributed by atoms with Gasteiger partial charge in [0.05, 0.1) is 0 Å². The summed E-state index contributed by atoms with van der Waals surface area (Å²) >= 11 is 4.20. The van der Waals surface area contributed by atoms with Crippen LogP contribution >= 0.6 is 23.5 Å². The largest absolute Gasteiger partial charge is 0.126 e. The predicted octanol–water partition coefficient (Wildman–Crippen LogP) is 24.5. The normalized spacial score (nSPS) is 11.7. The molecule has 0 spiro atoms. The average molecular weight is 942 g/mol. The first-order valence-electron chi connectivity index (χ1n) is 30.6. The second-order valence-electron chi connectivity index (χ2n) is 21.4. The molecule has 0 aliphatic rings. The molecule has 1 rings (SSSR count). The Kier molecular flexibility index (Phi) is 53.1. The third-order valence-corrected chi connectivity index (χ3v) is 16.7. The highest BCUT2D eigenvalue weighted by atomic mass is 32.2. The standard InChI is InChI=1S/C63H120S2/c1-4-6-8-10-12-14-16-18-20-22-24-26-28-30-32-34-36-38-40-42-44-46-48-50-52-54-56-64-62-58-61(3)59-63(60-62)65-57-55-53-51-49-47-45-43-41-39-37-35-33-31-29-27-25-23-21-19-17-15-13-11-9-7-5-2/h58-60H,4-57H2,1-3H3. The zero-order valence-electron chi connectivity index (χ0n) is 45.2. The highest BCUT2D eigenvalue weighted by molar-refractivity contribution is 8.00. The maximum Gasteiger partial charge on any atom is 0.00857 e. The number of benzene rings is 1. The van der Waals surface area contributed by atoms with Crippen LogP contribution in [0.2, 0.25) is 0 Å². The van der Waals surface area contributed by atoms with Gasteiger partial charge < -0.3 is 0 Å². The van der Waals surface area contributed by atoms with Gasteiger partial charge in [-0.15, -0.1) is 23.5 Å². The maximum atomic E-state index is 2.48. The molecule has 0 aliphatic carbocycles. The van der Waals surface area contributed by atoms with Gasteiger partial charge in [0.2, 0.25) is 0 Å². The van der Waals surface area contributed by atoms with Crippen LogP contribution in [0.5, 0.6) is 0 Å². The quantitative estimate of drug-likeness (QED) is 0.0471. The molecule has 0 saturated carbocycles. The molecule has 0 N–H and O–H groups in total. The summed E-state index contributed by atoms with van der Waals surface area (Å²) in [4.78, 5) is 2.99. The van der Waals surface area contributed by atoms with Gasteiger partial charge in [0.25, 0.3) is 0 Å². The summed E-state index contributed by atoms with van der Waals surface area (Å²) in [6.07, 6.45) is 76.3. The van der Waals surface area contributed by atoms with Gasteiger partial charge >= 0.3 is 0 Å². The van der Waals surface area contributed by atoms with Crippen molar-refractivity contribution in [3.8, 4) is 0 Å². The molecule has 2 heteroatoms. The molecule has 1 aromatic carbocycles. The smallest absolute Gasteiger partial charge is 0.00857 e. The number of thioether (sulfide) groups is 2. The van der Waals surface area contributed by atoms with Crippen LogP contribution in [0.15, 0.2) is 28.0 Å². The van der Waals surface area contributed by atoms with Crippen molar-refractivity contribution in [3.63, 3.8) is 0 Å². The van der Waals surface area contributed by atoms with Crippen LogP contribution in [0.25, 0.3) is 0 Å². The Balaban J connectivity index is 1.79. The van der Waals surface area contributed by atoms with Gasteiger partial charge in [-0.25, -0.2) is 0 Å². The molecule has 0 heterocycles. The van der Waals surface area contributed by atoms with E-state index in [2.05, 4.69) is 62.5 Å². The number of hydrogen-bond donors (Lipinski definition) is 0. The number of rotatable bonds is 56. The summed E-state index contributed by atoms with van der Waals surface area (Å²) in [6.45, 7) is 6.91. The second kappa shape index (κ2) is 54.9. The fourth-order valence-corrected chi connectivity index (χ4v) is 12.3. The highest BCUT2D eigenvalue weighted by Crippen LogP contribution is 2.29. The first-order valence-corrected chi connectivity index (χ1v) is 32.6. The van der Waals surface area contributed by atoms with E-state index in [9.17, 15) is 0 Å². The van der Waals surface area contributed by atoms with Crippen molar-refractivity contribution in [3.05, 3.63) is 23.8 Å². The minimum Gasteiger partial charge on any atom is -0.126 e. The Morgan fingerprint density at radius 1 is 0.215 bits per heavy atom. The molecule has 0 unspecified atom stereocenters. The molecular formula is C63H120S2. The van der Waals surface area contributed by atoms with Gasteiger partial charge in [-0.1, -0.05) is 335 Å². The molecular weight excluding hydrogens is 821 g/mol. The van der Waals surface area contributed by atoms with E-state index in [0.29, 0.717) is 0 Å². The average Bonchev–Trinajstić information content (AvgIpc) is 3.31. The van der Waals surface area contributed by atoms with Gasteiger partial charge in [0.15, 0.2) is 0 Å². The van der Waals surface area contributed by atoms with E-state index < -0.39 is 0 Å². The number of hydrogen-bond acceptors (Lipinski definition) is 2. The lowest BCUT2D eigenvalue weighted by Gasteiger charge is -2.08. The van der Waals surface area contributed by atoms with Crippen LogP contribution in [-0.2, 0) is 0 Å². The third kappa shape index (κ3) is 50.1. The van der Waals surface area contributed by atoms with Crippen LogP contribution in [0.1, 0.15) is 353 Å². The summed E-state index contributed by atoms with van der Waals surface area (Å²) in [6, 6.07) is 7.30. The Morgan fingerprint density at radius 3 is 0.538 bits per heavy atom. The lowest BCUT2D eigenvalue weighted by atomic mass is 10.0. The van der Waals surface area contributed by atoms with E-state index in [1.807, 2.05) is 0 Å². The molecule has 0 atom stereocenters. The molecule has 0 nitrogen and oxygen atoms in total. The molecule has 0 amide bonds. The van der Waals surface area contributed by atoms with Crippen LogP contribution in [0.3, 0.4) is 0 Å². The molecule has 384 valence electrons. The van der Waals surface area contributed by atoms with E-state index in [1.54, 1.807) is 0 Å². The Bertz CT molecular complexity index is 942. The molecule has 1 aromatic rings. The summed E-state index contributed by atoms with van der Waals surface area (Å²) in [5.74, 6) is 2.57. The van der Waals surface area contributed by atoms with Gasteiger partial charge in [-0.2, -0.15) is 0 Å². The second-order valence-corrected chi connectivity index (χ2v) is 23.7. The fourth-order valence-electron chi connectivity index (χ4n) is 10.1. The zero-order chi connectivity index (χ0) is 46.5. The molecule has 0 saturated heterocycles. The van der Waals surface area contributed by atoms with Crippen molar-refractivity contribution < 1.29 is 0 Å². The first-order chi connectivity index (χ1) is 32.3. The van der Waals surface area contributed by atoms with Crippen molar-refractivity contribution in [1.29, 1.82) is 0 Å². The van der Waals surface area contributed by atoms with Crippen molar-refractivity contribution in [1.82, 2.24) is 0 Å². The molecule has 0 fully saturated rings. The molecule has 0 aliphatic heterocycles. The van der Waals surface area contributed by atoms with Crippen LogP contribution in [-0.4, -0.2) is 11.5 Å². The summed E-state index contributed by atoms with van der Waals surface area (Å²) in [5.41, 5.74) is 1.44. The fraction of sp³-hybridized carbons (Fsp3) is 0.905. The monoisotopic (exact) mass is 941 g/mol. The van der Waals surface area contributed by atoms with Gasteiger partial charge in [0.1, 0.15) is 0 Å². The summed E-state index contributed by atoms with van der Waals surface area (Å²) in [5, 5.41) is 0. The maximum absolute atomic E-state index is 2.48. The molecule has 0 aromatic heterocycles. The van der Waals surface area contributed by atoms with Gasteiger partial charge in [-0.05, 0) is 55.0 Å². The highest BCUT2D eigenvalue weighted by Gasteiger charge is 2.03. The SMILES string of the molecule is CCCCCCCCCCCCCCCCCCCCCCCCCCCCSc1cc(C)cc(SCCCCCCCCCCCCCCCCCCCCCCCCCCCC)c1. The zero-order valence-corrected chi connectivity index (χ0v) is 46.9. The van der Waals surface area contributed by atoms with Crippen molar-refractivity contribution >= 4 is 23.5 Å². The van der Waals surface area contributed by atoms with Crippen LogP contribution in [0.4, 0.5) is 0 Å². The molecule has 0 bridgehead atoms. The van der Waals surface area contributed by atoms with E-state index in [1.165, 1.54) is 361 Å². The summed E-state index contributed by atoms with van der Waals surface area (Å²) in [7, 11) is 0. The Morgan fingerprint density at radius 2 is 0.369 bits per heavy atom. The van der Waals surface area contributed by atoms with Crippen molar-refractivity contribution in [2.45, 2.75) is 364 Å². The lowest BCUT2D eigenvalue weighted by molar-refractivity contribution is 0.516. The Labute approximate surface area is 420 Å². The first kappa shape index (κ1) is 62.9. The lowest BCUT2D eigenvalue weighted by Crippen LogP contribution is -1.87. The topological polar surface area (TPSA) is 0 Å². The van der Waals surface area contributed by atoms with E-state index in [0.717, 1.165) is 0 Å². The Hall–Kier alpha value is -0.0800. The molecule has 0 radical (unpaired) electrons. The predicted molar refractivity (Wildman–Crippen MR) is 304 cm³/mol. The molecule has 65 heavy (non-hydrogen) atoms. The van der Waals surface area contributed by atoms with Crippen molar-refractivity contribution in [2.75, 3.05) is 11.5 Å².